The van der Waals surface area contributed by atoms with Crippen LogP contribution in [0.2, 0.25) is 0 Å². The standard InChI is InChI=1S/C14H17BrN2O2/c1-9-4-5-13(11(6-9)7-18)19-8-12-14(15)10(2)16-17(12)3/h4-6,18H,7-8H2,1-3H3. The van der Waals surface area contributed by atoms with Crippen LogP contribution in [0.4, 0.5) is 0 Å². The maximum Gasteiger partial charge on any atom is 0.131 e. The minimum atomic E-state index is -0.0252. The van der Waals surface area contributed by atoms with E-state index < -0.39 is 0 Å². The normalized spacial score (nSPS) is 10.8. The summed E-state index contributed by atoms with van der Waals surface area (Å²) in [4.78, 5) is 0. The molecule has 0 aliphatic carbocycles. The molecule has 2 aromatic rings. The lowest BCUT2D eigenvalue weighted by Gasteiger charge is -2.11. The van der Waals surface area contributed by atoms with Crippen LogP contribution in [0.25, 0.3) is 0 Å². The smallest absolute Gasteiger partial charge is 0.131 e. The van der Waals surface area contributed by atoms with Gasteiger partial charge in [-0.3, -0.25) is 4.68 Å². The highest BCUT2D eigenvalue weighted by molar-refractivity contribution is 9.10. The molecule has 2 rings (SSSR count). The van der Waals surface area contributed by atoms with Gasteiger partial charge in [-0.05, 0) is 35.8 Å². The SMILES string of the molecule is Cc1ccc(OCc2c(Br)c(C)nn2C)c(CO)c1. The van der Waals surface area contributed by atoms with Crippen LogP contribution in [-0.4, -0.2) is 14.9 Å². The Labute approximate surface area is 121 Å². The molecular formula is C14H17BrN2O2. The fourth-order valence-corrected chi connectivity index (χ4v) is 2.41. The van der Waals surface area contributed by atoms with Crippen LogP contribution in [0.1, 0.15) is 22.5 Å². The molecule has 1 N–H and O–H groups in total. The Morgan fingerprint density at radius 1 is 1.37 bits per heavy atom. The number of hydrogen-bond acceptors (Lipinski definition) is 3. The van der Waals surface area contributed by atoms with Crippen LogP contribution in [0, 0.1) is 13.8 Å². The number of hydrogen-bond donors (Lipinski definition) is 1. The zero-order chi connectivity index (χ0) is 14.0. The van der Waals surface area contributed by atoms with Gasteiger partial charge < -0.3 is 9.84 Å². The summed E-state index contributed by atoms with van der Waals surface area (Å²) >= 11 is 3.51. The first-order valence-electron chi connectivity index (χ1n) is 6.04. The largest absolute Gasteiger partial charge is 0.487 e. The average molecular weight is 325 g/mol. The van der Waals surface area contributed by atoms with E-state index in [0.29, 0.717) is 12.4 Å². The number of aryl methyl sites for hydroxylation is 3. The van der Waals surface area contributed by atoms with Crippen molar-refractivity contribution in [1.29, 1.82) is 0 Å². The lowest BCUT2D eigenvalue weighted by Crippen LogP contribution is -2.05. The molecule has 19 heavy (non-hydrogen) atoms. The van der Waals surface area contributed by atoms with Crippen LogP contribution in [0.5, 0.6) is 5.75 Å². The van der Waals surface area contributed by atoms with Gasteiger partial charge in [0.1, 0.15) is 12.4 Å². The molecule has 5 heteroatoms. The lowest BCUT2D eigenvalue weighted by molar-refractivity contribution is 0.255. The molecule has 1 aromatic heterocycles. The Bertz CT molecular complexity index is 593. The maximum atomic E-state index is 9.35. The first kappa shape index (κ1) is 14.1. The summed E-state index contributed by atoms with van der Waals surface area (Å²) in [6.45, 7) is 4.32. The molecule has 0 aliphatic rings. The van der Waals surface area contributed by atoms with Gasteiger partial charge in [0.05, 0.1) is 22.5 Å². The molecule has 0 saturated carbocycles. The summed E-state index contributed by atoms with van der Waals surface area (Å²) in [5.41, 5.74) is 3.82. The number of ether oxygens (including phenoxy) is 1. The summed E-state index contributed by atoms with van der Waals surface area (Å²) in [6, 6.07) is 5.79. The van der Waals surface area contributed by atoms with Gasteiger partial charge in [0.2, 0.25) is 0 Å². The van der Waals surface area contributed by atoms with Crippen LogP contribution < -0.4 is 4.74 Å². The quantitative estimate of drug-likeness (QED) is 0.940. The summed E-state index contributed by atoms with van der Waals surface area (Å²) in [6.07, 6.45) is 0. The number of aromatic nitrogens is 2. The monoisotopic (exact) mass is 324 g/mol. The van der Waals surface area contributed by atoms with Gasteiger partial charge in [0.15, 0.2) is 0 Å². The predicted molar refractivity (Wildman–Crippen MR) is 77.1 cm³/mol. The van der Waals surface area contributed by atoms with E-state index in [1.54, 1.807) is 4.68 Å². The summed E-state index contributed by atoms with van der Waals surface area (Å²) in [5.74, 6) is 0.707. The van der Waals surface area contributed by atoms with Gasteiger partial charge in [-0.2, -0.15) is 5.10 Å². The highest BCUT2D eigenvalue weighted by Crippen LogP contribution is 2.24. The maximum absolute atomic E-state index is 9.35. The topological polar surface area (TPSA) is 47.3 Å². The third-order valence-corrected chi connectivity index (χ3v) is 4.04. The van der Waals surface area contributed by atoms with E-state index in [4.69, 9.17) is 4.74 Å². The molecule has 0 atom stereocenters. The van der Waals surface area contributed by atoms with Crippen molar-refractivity contribution in [1.82, 2.24) is 9.78 Å². The van der Waals surface area contributed by atoms with Crippen molar-refractivity contribution in [3.05, 3.63) is 45.2 Å². The first-order valence-corrected chi connectivity index (χ1v) is 6.83. The second-order valence-electron chi connectivity index (χ2n) is 4.53. The van der Waals surface area contributed by atoms with E-state index in [1.165, 1.54) is 0 Å². The molecular weight excluding hydrogens is 308 g/mol. The zero-order valence-corrected chi connectivity index (χ0v) is 12.9. The minimum absolute atomic E-state index is 0.0252. The zero-order valence-electron chi connectivity index (χ0n) is 11.3. The van der Waals surface area contributed by atoms with Crippen molar-refractivity contribution in [3.8, 4) is 5.75 Å². The third kappa shape index (κ3) is 2.98. The fourth-order valence-electron chi connectivity index (χ4n) is 1.96. The van der Waals surface area contributed by atoms with E-state index in [0.717, 1.165) is 27.0 Å². The molecule has 0 bridgehead atoms. The number of rotatable bonds is 4. The minimum Gasteiger partial charge on any atom is -0.487 e. The number of aliphatic hydroxyl groups excluding tert-OH is 1. The van der Waals surface area contributed by atoms with E-state index in [1.807, 2.05) is 39.1 Å². The Hall–Kier alpha value is -1.33. The molecule has 102 valence electrons. The van der Waals surface area contributed by atoms with Crippen molar-refractivity contribution in [2.45, 2.75) is 27.1 Å². The van der Waals surface area contributed by atoms with Crippen molar-refractivity contribution < 1.29 is 9.84 Å². The van der Waals surface area contributed by atoms with Gasteiger partial charge in [-0.1, -0.05) is 17.7 Å². The molecule has 1 heterocycles. The van der Waals surface area contributed by atoms with Crippen LogP contribution in [0.15, 0.2) is 22.7 Å². The average Bonchev–Trinajstić information content (AvgIpc) is 2.62. The van der Waals surface area contributed by atoms with Crippen LogP contribution >= 0.6 is 15.9 Å². The molecule has 1 aromatic carbocycles. The lowest BCUT2D eigenvalue weighted by atomic mass is 10.1. The number of benzene rings is 1. The molecule has 0 spiro atoms. The summed E-state index contributed by atoms with van der Waals surface area (Å²) in [5, 5.41) is 13.7. The molecule has 0 fully saturated rings. The second kappa shape index (κ2) is 5.75. The van der Waals surface area contributed by atoms with E-state index >= 15 is 0 Å². The predicted octanol–water partition coefficient (Wildman–Crippen LogP) is 2.87. The number of halogens is 1. The second-order valence-corrected chi connectivity index (χ2v) is 5.32. The molecule has 4 nitrogen and oxygen atoms in total. The van der Waals surface area contributed by atoms with Crippen molar-refractivity contribution in [2.24, 2.45) is 7.05 Å². The Kier molecular flexibility index (Phi) is 4.27. The third-order valence-electron chi connectivity index (χ3n) is 3.01. The molecule has 0 amide bonds. The van der Waals surface area contributed by atoms with Crippen molar-refractivity contribution in [3.63, 3.8) is 0 Å². The van der Waals surface area contributed by atoms with Gasteiger partial charge >= 0.3 is 0 Å². The van der Waals surface area contributed by atoms with Gasteiger partial charge in [0, 0.05) is 12.6 Å². The summed E-state index contributed by atoms with van der Waals surface area (Å²) in [7, 11) is 1.89. The van der Waals surface area contributed by atoms with E-state index in [9.17, 15) is 5.11 Å². The molecule has 0 unspecified atom stereocenters. The first-order chi connectivity index (χ1) is 9.02. The van der Waals surface area contributed by atoms with Crippen LogP contribution in [0.3, 0.4) is 0 Å². The van der Waals surface area contributed by atoms with Gasteiger partial charge in [0.25, 0.3) is 0 Å². The fraction of sp³-hybridized carbons (Fsp3) is 0.357. The van der Waals surface area contributed by atoms with Crippen molar-refractivity contribution in [2.75, 3.05) is 0 Å². The summed E-state index contributed by atoms with van der Waals surface area (Å²) < 4.78 is 8.56. The highest BCUT2D eigenvalue weighted by Gasteiger charge is 2.12. The number of nitrogens with zero attached hydrogens (tertiary/aromatic N) is 2. The molecule has 0 aliphatic heterocycles. The number of aliphatic hydroxyl groups is 1. The van der Waals surface area contributed by atoms with Gasteiger partial charge in [-0.25, -0.2) is 0 Å². The highest BCUT2D eigenvalue weighted by atomic mass is 79.9. The molecule has 0 saturated heterocycles. The Morgan fingerprint density at radius 2 is 2.11 bits per heavy atom. The van der Waals surface area contributed by atoms with E-state index in [-0.39, 0.29) is 6.61 Å². The van der Waals surface area contributed by atoms with Gasteiger partial charge in [-0.15, -0.1) is 0 Å². The Balaban J connectivity index is 2.19. The van der Waals surface area contributed by atoms with Crippen LogP contribution in [-0.2, 0) is 20.3 Å². The van der Waals surface area contributed by atoms with Crippen molar-refractivity contribution >= 4 is 15.9 Å². The Morgan fingerprint density at radius 3 is 2.68 bits per heavy atom. The molecule has 0 radical (unpaired) electrons. The van der Waals surface area contributed by atoms with E-state index in [2.05, 4.69) is 21.0 Å².